The first-order valence-corrected chi connectivity index (χ1v) is 12.8. The van der Waals surface area contributed by atoms with Crippen LogP contribution in [0.2, 0.25) is 5.02 Å². The van der Waals surface area contributed by atoms with Gasteiger partial charge < -0.3 is 23.7 Å². The summed E-state index contributed by atoms with van der Waals surface area (Å²) in [4.78, 5) is 14.3. The van der Waals surface area contributed by atoms with Gasteiger partial charge >= 0.3 is 0 Å². The lowest BCUT2D eigenvalue weighted by Gasteiger charge is -2.32. The summed E-state index contributed by atoms with van der Waals surface area (Å²) in [7, 11) is 4.61. The number of halogens is 1. The molecule has 2 aromatic carbocycles. The summed E-state index contributed by atoms with van der Waals surface area (Å²) in [6, 6.07) is 11.2. The Labute approximate surface area is 225 Å². The van der Waals surface area contributed by atoms with Crippen molar-refractivity contribution in [2.75, 3.05) is 34.9 Å². The van der Waals surface area contributed by atoms with Crippen LogP contribution in [0.25, 0.3) is 0 Å². The van der Waals surface area contributed by atoms with E-state index in [1.165, 1.54) is 25.4 Å². The Hall–Kier alpha value is -2.80. The second-order valence-corrected chi connectivity index (χ2v) is 9.79. The standard InChI is InChI=1S/C30H37ClO6/c1-20(2)7-6-8-21-9-14-25(26(15-21)22-10-12-23(31)13-11-22)30(32)29-27(36-18-33-3)16-24(35-5)17-28(29)37-19-34-4/h7,9-13,16-17,25-26H,6,8,14-15,18-19H2,1-5H3/t25-,26+/m1/s1. The summed E-state index contributed by atoms with van der Waals surface area (Å²) >= 11 is 6.19. The molecule has 0 radical (unpaired) electrons. The minimum absolute atomic E-state index is 0.0101. The number of ketones is 1. The Morgan fingerprint density at radius 2 is 1.62 bits per heavy atom. The van der Waals surface area contributed by atoms with Crippen LogP contribution in [0.4, 0.5) is 0 Å². The predicted octanol–water partition coefficient (Wildman–Crippen LogP) is 7.36. The molecule has 0 aliphatic heterocycles. The maximum atomic E-state index is 14.3. The number of rotatable bonds is 13. The SMILES string of the molecule is COCOc1cc(OC)cc(OCOC)c1C(=O)[C@@H]1CC=C(CCC=C(C)C)C[C@H]1c1ccc(Cl)cc1. The molecule has 200 valence electrons. The number of ether oxygens (including phenoxy) is 5. The molecule has 0 N–H and O–H groups in total. The molecule has 6 nitrogen and oxygen atoms in total. The number of hydrogen-bond donors (Lipinski definition) is 0. The van der Waals surface area contributed by atoms with Crippen LogP contribution in [-0.2, 0) is 9.47 Å². The fourth-order valence-electron chi connectivity index (χ4n) is 4.65. The monoisotopic (exact) mass is 528 g/mol. The van der Waals surface area contributed by atoms with E-state index in [0.29, 0.717) is 34.3 Å². The van der Waals surface area contributed by atoms with Crippen LogP contribution in [0.15, 0.2) is 59.7 Å². The minimum atomic E-state index is -0.309. The molecule has 0 heterocycles. The van der Waals surface area contributed by atoms with Crippen LogP contribution in [0.5, 0.6) is 17.2 Å². The molecule has 7 heteroatoms. The highest BCUT2D eigenvalue weighted by molar-refractivity contribution is 6.30. The largest absolute Gasteiger partial charge is 0.496 e. The number of methoxy groups -OCH3 is 3. The number of benzene rings is 2. The second-order valence-electron chi connectivity index (χ2n) is 9.35. The number of hydrogen-bond acceptors (Lipinski definition) is 6. The Morgan fingerprint density at radius 3 is 2.16 bits per heavy atom. The van der Waals surface area contributed by atoms with Gasteiger partial charge in [0.25, 0.3) is 0 Å². The first kappa shape index (κ1) is 28.8. The van der Waals surface area contributed by atoms with Gasteiger partial charge in [-0.05, 0) is 63.1 Å². The molecule has 0 unspecified atom stereocenters. The molecule has 0 spiro atoms. The van der Waals surface area contributed by atoms with Gasteiger partial charge in [-0.15, -0.1) is 0 Å². The van der Waals surface area contributed by atoms with E-state index < -0.39 is 0 Å². The average molecular weight is 529 g/mol. The molecule has 0 aromatic heterocycles. The molecule has 0 saturated heterocycles. The summed E-state index contributed by atoms with van der Waals surface area (Å²) in [6.45, 7) is 4.19. The molecule has 37 heavy (non-hydrogen) atoms. The van der Waals surface area contributed by atoms with Gasteiger partial charge in [-0.2, -0.15) is 0 Å². The third kappa shape index (κ3) is 7.84. The summed E-state index contributed by atoms with van der Waals surface area (Å²) in [5.41, 5.74) is 4.12. The minimum Gasteiger partial charge on any atom is -0.496 e. The van der Waals surface area contributed by atoms with Gasteiger partial charge in [0, 0.05) is 37.3 Å². The van der Waals surface area contributed by atoms with E-state index in [2.05, 4.69) is 26.0 Å². The van der Waals surface area contributed by atoms with Crippen molar-refractivity contribution in [3.05, 3.63) is 75.8 Å². The Balaban J connectivity index is 2.04. The lowest BCUT2D eigenvalue weighted by molar-refractivity contribution is 0.0436. The second kappa shape index (κ2) is 14.2. The molecular formula is C30H37ClO6. The van der Waals surface area contributed by atoms with Gasteiger partial charge in [0.2, 0.25) is 0 Å². The molecule has 0 bridgehead atoms. The highest BCUT2D eigenvalue weighted by Crippen LogP contribution is 2.44. The normalized spacial score (nSPS) is 17.1. The molecule has 0 amide bonds. The highest BCUT2D eigenvalue weighted by atomic mass is 35.5. The van der Waals surface area contributed by atoms with E-state index in [4.69, 9.17) is 35.3 Å². The third-order valence-electron chi connectivity index (χ3n) is 6.47. The van der Waals surface area contributed by atoms with E-state index in [-0.39, 0.29) is 31.2 Å². The molecule has 1 aliphatic carbocycles. The highest BCUT2D eigenvalue weighted by Gasteiger charge is 2.36. The van der Waals surface area contributed by atoms with E-state index in [0.717, 1.165) is 24.8 Å². The van der Waals surface area contributed by atoms with E-state index >= 15 is 0 Å². The van der Waals surface area contributed by atoms with Crippen molar-refractivity contribution in [2.45, 2.75) is 45.4 Å². The molecule has 0 saturated carbocycles. The van der Waals surface area contributed by atoms with Gasteiger partial charge in [0.05, 0.1) is 7.11 Å². The quantitative estimate of drug-likeness (QED) is 0.154. The Morgan fingerprint density at radius 1 is 1.00 bits per heavy atom. The fraction of sp³-hybridized carbons (Fsp3) is 0.433. The van der Waals surface area contributed by atoms with Crippen molar-refractivity contribution in [3.63, 3.8) is 0 Å². The molecule has 1 aliphatic rings. The van der Waals surface area contributed by atoms with Crippen molar-refractivity contribution in [2.24, 2.45) is 5.92 Å². The third-order valence-corrected chi connectivity index (χ3v) is 6.72. The zero-order valence-electron chi connectivity index (χ0n) is 22.3. The van der Waals surface area contributed by atoms with Crippen molar-refractivity contribution in [3.8, 4) is 17.2 Å². The summed E-state index contributed by atoms with van der Waals surface area (Å²) < 4.78 is 27.3. The number of carbonyl (C=O) groups is 1. The number of allylic oxidation sites excluding steroid dienone is 4. The fourth-order valence-corrected chi connectivity index (χ4v) is 4.78. The predicted molar refractivity (Wildman–Crippen MR) is 146 cm³/mol. The maximum Gasteiger partial charge on any atom is 0.188 e. The smallest absolute Gasteiger partial charge is 0.188 e. The summed E-state index contributed by atoms with van der Waals surface area (Å²) in [5, 5.41) is 0.669. The molecular weight excluding hydrogens is 492 g/mol. The first-order valence-electron chi connectivity index (χ1n) is 12.4. The Bertz CT molecular complexity index is 1070. The van der Waals surface area contributed by atoms with E-state index in [9.17, 15) is 4.79 Å². The van der Waals surface area contributed by atoms with E-state index in [1.54, 1.807) is 19.2 Å². The van der Waals surface area contributed by atoms with Crippen LogP contribution < -0.4 is 14.2 Å². The van der Waals surface area contributed by atoms with Gasteiger partial charge in [0.15, 0.2) is 19.4 Å². The van der Waals surface area contributed by atoms with Gasteiger partial charge in [-0.25, -0.2) is 0 Å². The van der Waals surface area contributed by atoms with Crippen LogP contribution >= 0.6 is 11.6 Å². The van der Waals surface area contributed by atoms with Crippen molar-refractivity contribution < 1.29 is 28.5 Å². The molecule has 0 fully saturated rings. The lowest BCUT2D eigenvalue weighted by Crippen LogP contribution is -2.27. The Kier molecular flexibility index (Phi) is 11.1. The number of carbonyl (C=O) groups excluding carboxylic acids is 1. The van der Waals surface area contributed by atoms with Gasteiger partial charge in [-0.1, -0.05) is 47.0 Å². The summed E-state index contributed by atoms with van der Waals surface area (Å²) in [5.74, 6) is 0.837. The van der Waals surface area contributed by atoms with Gasteiger partial charge in [0.1, 0.15) is 22.8 Å². The lowest BCUT2D eigenvalue weighted by atomic mass is 9.72. The van der Waals surface area contributed by atoms with Crippen molar-refractivity contribution in [1.82, 2.24) is 0 Å². The van der Waals surface area contributed by atoms with Gasteiger partial charge in [-0.3, -0.25) is 4.79 Å². The average Bonchev–Trinajstić information content (AvgIpc) is 2.90. The van der Waals surface area contributed by atoms with Crippen LogP contribution in [0, 0.1) is 5.92 Å². The first-order chi connectivity index (χ1) is 17.9. The van der Waals surface area contributed by atoms with E-state index in [1.807, 2.05) is 24.3 Å². The maximum absolute atomic E-state index is 14.3. The topological polar surface area (TPSA) is 63.2 Å². The zero-order valence-corrected chi connectivity index (χ0v) is 23.1. The van der Waals surface area contributed by atoms with Crippen LogP contribution in [-0.4, -0.2) is 40.7 Å². The molecule has 2 atom stereocenters. The number of Topliss-reactive ketones (excluding diaryl/α,β-unsaturated/α-hetero) is 1. The van der Waals surface area contributed by atoms with Crippen LogP contribution in [0.3, 0.4) is 0 Å². The zero-order chi connectivity index (χ0) is 26.8. The van der Waals surface area contributed by atoms with Crippen LogP contribution in [0.1, 0.15) is 61.4 Å². The molecule has 2 aromatic rings. The van der Waals surface area contributed by atoms with Crippen molar-refractivity contribution in [1.29, 1.82) is 0 Å². The molecule has 3 rings (SSSR count). The van der Waals surface area contributed by atoms with Crippen molar-refractivity contribution >= 4 is 17.4 Å². The summed E-state index contributed by atoms with van der Waals surface area (Å²) in [6.07, 6.45) is 7.86.